The van der Waals surface area contributed by atoms with E-state index in [0.717, 1.165) is 24.9 Å². The van der Waals surface area contributed by atoms with Crippen molar-refractivity contribution in [2.45, 2.75) is 30.7 Å². The second-order valence-corrected chi connectivity index (χ2v) is 6.43. The van der Waals surface area contributed by atoms with Gasteiger partial charge in [0.25, 0.3) is 0 Å². The van der Waals surface area contributed by atoms with Gasteiger partial charge in [-0.1, -0.05) is 12.1 Å². The van der Waals surface area contributed by atoms with Crippen molar-refractivity contribution in [3.63, 3.8) is 0 Å². The first-order valence-electron chi connectivity index (χ1n) is 5.61. The van der Waals surface area contributed by atoms with E-state index in [9.17, 15) is 8.42 Å². The number of rotatable bonds is 3. The lowest BCUT2D eigenvalue weighted by Gasteiger charge is -2.11. The Balaban J connectivity index is 2.18. The second kappa shape index (κ2) is 4.55. The van der Waals surface area contributed by atoms with Crippen LogP contribution in [0.1, 0.15) is 18.4 Å². The van der Waals surface area contributed by atoms with Gasteiger partial charge in [-0.15, -0.1) is 0 Å². The van der Waals surface area contributed by atoms with Gasteiger partial charge in [0.15, 0.2) is 9.84 Å². The Morgan fingerprint density at radius 3 is 2.88 bits per heavy atom. The van der Waals surface area contributed by atoms with Crippen LogP contribution >= 0.6 is 0 Å². The molecular formula is C12H17NO2S. The molecule has 1 aliphatic rings. The van der Waals surface area contributed by atoms with Gasteiger partial charge in [-0.05, 0) is 44.0 Å². The fourth-order valence-corrected chi connectivity index (χ4v) is 3.73. The van der Waals surface area contributed by atoms with Crippen LogP contribution in [0, 0.1) is 6.92 Å². The summed E-state index contributed by atoms with van der Waals surface area (Å²) in [5.74, 6) is 0.219. The third kappa shape index (κ3) is 2.62. The molecule has 1 aliphatic heterocycles. The third-order valence-corrected chi connectivity index (χ3v) is 4.74. The van der Waals surface area contributed by atoms with E-state index in [4.69, 9.17) is 0 Å². The average Bonchev–Trinajstić information content (AvgIpc) is 2.70. The van der Waals surface area contributed by atoms with E-state index in [1.807, 2.05) is 13.0 Å². The zero-order chi connectivity index (χ0) is 11.6. The van der Waals surface area contributed by atoms with E-state index in [2.05, 4.69) is 5.32 Å². The molecule has 1 saturated heterocycles. The summed E-state index contributed by atoms with van der Waals surface area (Å²) in [5, 5.41) is 3.22. The fourth-order valence-electron chi connectivity index (χ4n) is 2.07. The lowest BCUT2D eigenvalue weighted by Crippen LogP contribution is -2.29. The maximum absolute atomic E-state index is 12.1. The van der Waals surface area contributed by atoms with Gasteiger partial charge in [-0.25, -0.2) is 8.42 Å². The molecular weight excluding hydrogens is 222 g/mol. The van der Waals surface area contributed by atoms with Crippen LogP contribution < -0.4 is 5.32 Å². The lowest BCUT2D eigenvalue weighted by atomic mass is 10.2. The van der Waals surface area contributed by atoms with Gasteiger partial charge < -0.3 is 5.32 Å². The van der Waals surface area contributed by atoms with Crippen LogP contribution in [0.4, 0.5) is 0 Å². The summed E-state index contributed by atoms with van der Waals surface area (Å²) in [4.78, 5) is 0.446. The highest BCUT2D eigenvalue weighted by molar-refractivity contribution is 7.91. The largest absolute Gasteiger partial charge is 0.313 e. The number of sulfone groups is 1. The van der Waals surface area contributed by atoms with E-state index < -0.39 is 9.84 Å². The monoisotopic (exact) mass is 239 g/mol. The van der Waals surface area contributed by atoms with E-state index in [1.54, 1.807) is 18.2 Å². The van der Waals surface area contributed by atoms with Gasteiger partial charge in [0.2, 0.25) is 0 Å². The Morgan fingerprint density at radius 2 is 2.25 bits per heavy atom. The second-order valence-electron chi connectivity index (χ2n) is 4.39. The molecule has 4 heteroatoms. The van der Waals surface area contributed by atoms with Crippen LogP contribution in [0.5, 0.6) is 0 Å². The van der Waals surface area contributed by atoms with Crippen LogP contribution in [0.25, 0.3) is 0 Å². The molecule has 1 atom stereocenters. The maximum atomic E-state index is 12.1. The van der Waals surface area contributed by atoms with Crippen LogP contribution in [0.15, 0.2) is 29.2 Å². The fraction of sp³-hybridized carbons (Fsp3) is 0.500. The van der Waals surface area contributed by atoms with Crippen molar-refractivity contribution in [2.75, 3.05) is 12.3 Å². The maximum Gasteiger partial charge on any atom is 0.179 e. The van der Waals surface area contributed by atoms with Crippen molar-refractivity contribution >= 4 is 9.84 Å². The molecule has 1 heterocycles. The summed E-state index contributed by atoms with van der Waals surface area (Å²) in [6, 6.07) is 7.25. The van der Waals surface area contributed by atoms with E-state index >= 15 is 0 Å². The Kier molecular flexibility index (Phi) is 3.30. The van der Waals surface area contributed by atoms with Gasteiger partial charge in [-0.3, -0.25) is 0 Å². The van der Waals surface area contributed by atoms with Crippen molar-refractivity contribution < 1.29 is 8.42 Å². The molecule has 0 aromatic heterocycles. The standard InChI is InChI=1S/C12H17NO2S/c1-10-4-2-6-12(8-10)16(14,15)9-11-5-3-7-13-11/h2,4,6,8,11,13H,3,5,7,9H2,1H3/t11-/m0/s1. The predicted molar refractivity (Wildman–Crippen MR) is 64.3 cm³/mol. The highest BCUT2D eigenvalue weighted by Gasteiger charge is 2.23. The third-order valence-electron chi connectivity index (χ3n) is 2.93. The summed E-state index contributed by atoms with van der Waals surface area (Å²) >= 11 is 0. The molecule has 1 N–H and O–H groups in total. The number of hydrogen-bond acceptors (Lipinski definition) is 3. The summed E-state index contributed by atoms with van der Waals surface area (Å²) in [6.45, 7) is 2.85. The summed E-state index contributed by atoms with van der Waals surface area (Å²) in [6.07, 6.45) is 2.04. The van der Waals surface area contributed by atoms with Crippen molar-refractivity contribution in [3.8, 4) is 0 Å². The SMILES string of the molecule is Cc1cccc(S(=O)(=O)C[C@@H]2CCCN2)c1. The van der Waals surface area contributed by atoms with E-state index in [0.29, 0.717) is 4.90 Å². The first-order valence-corrected chi connectivity index (χ1v) is 7.26. The number of nitrogens with one attached hydrogen (secondary N) is 1. The molecule has 1 aromatic rings. The van der Waals surface area contributed by atoms with Crippen LogP contribution in [-0.4, -0.2) is 26.8 Å². The Morgan fingerprint density at radius 1 is 1.44 bits per heavy atom. The molecule has 0 amide bonds. The predicted octanol–water partition coefficient (Wildman–Crippen LogP) is 1.52. The normalized spacial score (nSPS) is 21.2. The molecule has 0 aliphatic carbocycles. The zero-order valence-electron chi connectivity index (χ0n) is 9.44. The van der Waals surface area contributed by atoms with Gasteiger partial charge in [0.1, 0.15) is 0 Å². The minimum Gasteiger partial charge on any atom is -0.313 e. The van der Waals surface area contributed by atoms with Crippen molar-refractivity contribution in [3.05, 3.63) is 29.8 Å². The average molecular weight is 239 g/mol. The molecule has 88 valence electrons. The minimum atomic E-state index is -3.13. The Labute approximate surface area is 96.8 Å². The first-order chi connectivity index (χ1) is 7.58. The highest BCUT2D eigenvalue weighted by atomic mass is 32.2. The zero-order valence-corrected chi connectivity index (χ0v) is 10.3. The van der Waals surface area contributed by atoms with E-state index in [-0.39, 0.29) is 11.8 Å². The summed E-state index contributed by atoms with van der Waals surface area (Å²) in [7, 11) is -3.13. The summed E-state index contributed by atoms with van der Waals surface area (Å²) in [5.41, 5.74) is 0.987. The Bertz CT molecular complexity index is 462. The summed E-state index contributed by atoms with van der Waals surface area (Å²) < 4.78 is 24.2. The van der Waals surface area contributed by atoms with Crippen molar-refractivity contribution in [2.24, 2.45) is 0 Å². The molecule has 0 saturated carbocycles. The molecule has 0 bridgehead atoms. The van der Waals surface area contributed by atoms with Crippen LogP contribution in [-0.2, 0) is 9.84 Å². The number of hydrogen-bond donors (Lipinski definition) is 1. The smallest absolute Gasteiger partial charge is 0.179 e. The molecule has 2 rings (SSSR count). The molecule has 0 spiro atoms. The molecule has 3 nitrogen and oxygen atoms in total. The number of benzene rings is 1. The van der Waals surface area contributed by atoms with Crippen molar-refractivity contribution in [1.29, 1.82) is 0 Å². The topological polar surface area (TPSA) is 46.2 Å². The highest BCUT2D eigenvalue weighted by Crippen LogP contribution is 2.16. The minimum absolute atomic E-state index is 0.130. The quantitative estimate of drug-likeness (QED) is 0.870. The van der Waals surface area contributed by atoms with Gasteiger partial charge in [-0.2, -0.15) is 0 Å². The van der Waals surface area contributed by atoms with Crippen LogP contribution in [0.3, 0.4) is 0 Å². The van der Waals surface area contributed by atoms with Crippen molar-refractivity contribution in [1.82, 2.24) is 5.32 Å². The molecule has 0 unspecified atom stereocenters. The van der Waals surface area contributed by atoms with Crippen LogP contribution in [0.2, 0.25) is 0 Å². The lowest BCUT2D eigenvalue weighted by molar-refractivity contribution is 0.577. The first kappa shape index (κ1) is 11.6. The van der Waals surface area contributed by atoms with Gasteiger partial charge in [0.05, 0.1) is 10.6 Å². The molecule has 16 heavy (non-hydrogen) atoms. The van der Waals surface area contributed by atoms with E-state index in [1.165, 1.54) is 0 Å². The van der Waals surface area contributed by atoms with Gasteiger partial charge in [0, 0.05) is 6.04 Å². The molecule has 1 fully saturated rings. The molecule has 1 aromatic carbocycles. The number of aryl methyl sites for hydroxylation is 1. The van der Waals surface area contributed by atoms with Gasteiger partial charge >= 0.3 is 0 Å². The molecule has 0 radical (unpaired) electrons. The Hall–Kier alpha value is -0.870.